The van der Waals surface area contributed by atoms with Gasteiger partial charge in [-0.1, -0.05) is 22.0 Å². The molecule has 0 bridgehead atoms. The van der Waals surface area contributed by atoms with Crippen molar-refractivity contribution in [2.24, 2.45) is 0 Å². The number of methoxy groups -OCH3 is 1. The van der Waals surface area contributed by atoms with Crippen molar-refractivity contribution < 1.29 is 9.47 Å². The van der Waals surface area contributed by atoms with Gasteiger partial charge in [0.1, 0.15) is 17.1 Å². The van der Waals surface area contributed by atoms with Gasteiger partial charge in [0.2, 0.25) is 0 Å². The SMILES string of the molecule is COc1ccc2c(c1)OC(C)(C)C[C@@H]2NC(=S)Nc1cccc(Br)c1. The summed E-state index contributed by atoms with van der Waals surface area (Å²) in [4.78, 5) is 0. The molecule has 2 aromatic carbocycles. The van der Waals surface area contributed by atoms with Gasteiger partial charge in [0, 0.05) is 28.2 Å². The van der Waals surface area contributed by atoms with E-state index in [4.69, 9.17) is 21.7 Å². The quantitative estimate of drug-likeness (QED) is 0.680. The topological polar surface area (TPSA) is 42.5 Å². The van der Waals surface area contributed by atoms with E-state index in [1.54, 1.807) is 7.11 Å². The number of rotatable bonds is 3. The fourth-order valence-corrected chi connectivity index (χ4v) is 3.64. The van der Waals surface area contributed by atoms with Gasteiger partial charge in [0.05, 0.1) is 13.2 Å². The third-order valence-corrected chi connectivity index (χ3v) is 4.78. The Morgan fingerprint density at radius 2 is 2.08 bits per heavy atom. The zero-order chi connectivity index (χ0) is 18.0. The molecule has 0 saturated carbocycles. The summed E-state index contributed by atoms with van der Waals surface area (Å²) >= 11 is 8.98. The average molecular weight is 421 g/mol. The maximum absolute atomic E-state index is 6.12. The Bertz CT molecular complexity index is 795. The van der Waals surface area contributed by atoms with E-state index in [2.05, 4.69) is 40.4 Å². The van der Waals surface area contributed by atoms with Gasteiger partial charge < -0.3 is 20.1 Å². The number of hydrogen-bond donors (Lipinski definition) is 2. The van der Waals surface area contributed by atoms with Crippen LogP contribution in [0.1, 0.15) is 31.9 Å². The molecule has 1 heterocycles. The molecule has 6 heteroatoms. The second-order valence-electron chi connectivity index (χ2n) is 6.63. The van der Waals surface area contributed by atoms with Crippen molar-refractivity contribution in [1.82, 2.24) is 5.32 Å². The van der Waals surface area contributed by atoms with Crippen molar-refractivity contribution in [1.29, 1.82) is 0 Å². The van der Waals surface area contributed by atoms with Gasteiger partial charge >= 0.3 is 0 Å². The maximum Gasteiger partial charge on any atom is 0.171 e. The lowest BCUT2D eigenvalue weighted by Crippen LogP contribution is -2.42. The van der Waals surface area contributed by atoms with E-state index in [0.717, 1.165) is 33.6 Å². The predicted octanol–water partition coefficient (Wildman–Crippen LogP) is 5.05. The van der Waals surface area contributed by atoms with Crippen molar-refractivity contribution in [3.8, 4) is 11.5 Å². The first-order valence-electron chi connectivity index (χ1n) is 8.06. The molecule has 0 aromatic heterocycles. The van der Waals surface area contributed by atoms with Crippen LogP contribution in [0.4, 0.5) is 5.69 Å². The molecule has 4 nitrogen and oxygen atoms in total. The van der Waals surface area contributed by atoms with Crippen LogP contribution in [0.25, 0.3) is 0 Å². The summed E-state index contributed by atoms with van der Waals surface area (Å²) in [7, 11) is 1.66. The highest BCUT2D eigenvalue weighted by Crippen LogP contribution is 2.41. The standard InChI is InChI=1S/C19H21BrN2O2S/c1-19(2)11-16(15-8-7-14(23-3)10-17(15)24-19)22-18(25)21-13-6-4-5-12(20)9-13/h4-10,16H,11H2,1-3H3,(H2,21,22,25)/t16-/m0/s1. The van der Waals surface area contributed by atoms with E-state index in [9.17, 15) is 0 Å². The van der Waals surface area contributed by atoms with Gasteiger partial charge in [-0.2, -0.15) is 0 Å². The molecule has 0 aliphatic carbocycles. The van der Waals surface area contributed by atoms with Crippen molar-refractivity contribution in [3.63, 3.8) is 0 Å². The molecule has 0 radical (unpaired) electrons. The van der Waals surface area contributed by atoms with Crippen molar-refractivity contribution in [3.05, 3.63) is 52.5 Å². The van der Waals surface area contributed by atoms with Crippen LogP contribution in [0, 0.1) is 0 Å². The Balaban J connectivity index is 1.79. The molecular weight excluding hydrogens is 400 g/mol. The van der Waals surface area contributed by atoms with Gasteiger partial charge in [-0.05, 0) is 56.4 Å². The minimum absolute atomic E-state index is 0.0665. The molecule has 1 aliphatic heterocycles. The second-order valence-corrected chi connectivity index (χ2v) is 7.95. The molecule has 0 unspecified atom stereocenters. The lowest BCUT2D eigenvalue weighted by Gasteiger charge is -2.38. The van der Waals surface area contributed by atoms with E-state index in [-0.39, 0.29) is 11.6 Å². The summed E-state index contributed by atoms with van der Waals surface area (Å²) in [5.74, 6) is 1.61. The van der Waals surface area contributed by atoms with Gasteiger partial charge in [-0.3, -0.25) is 0 Å². The molecule has 0 amide bonds. The van der Waals surface area contributed by atoms with Crippen molar-refractivity contribution >= 4 is 38.9 Å². The Labute approximate surface area is 162 Å². The molecule has 1 aliphatic rings. The predicted molar refractivity (Wildman–Crippen MR) is 109 cm³/mol. The van der Waals surface area contributed by atoms with Crippen LogP contribution >= 0.6 is 28.1 Å². The monoisotopic (exact) mass is 420 g/mol. The maximum atomic E-state index is 6.12. The van der Waals surface area contributed by atoms with Crippen LogP contribution in [-0.4, -0.2) is 17.8 Å². The fourth-order valence-electron chi connectivity index (χ4n) is 2.98. The second kappa shape index (κ2) is 7.22. The summed E-state index contributed by atoms with van der Waals surface area (Å²) in [5, 5.41) is 7.24. The highest BCUT2D eigenvalue weighted by Gasteiger charge is 2.34. The Morgan fingerprint density at radius 1 is 1.28 bits per heavy atom. The number of halogens is 1. The molecule has 0 fully saturated rings. The summed E-state index contributed by atoms with van der Waals surface area (Å²) in [6.45, 7) is 4.16. The van der Waals surface area contributed by atoms with Crippen molar-refractivity contribution in [2.75, 3.05) is 12.4 Å². The molecule has 25 heavy (non-hydrogen) atoms. The van der Waals surface area contributed by atoms with Crippen LogP contribution in [0.15, 0.2) is 46.9 Å². The van der Waals surface area contributed by atoms with Crippen LogP contribution in [0.2, 0.25) is 0 Å². The van der Waals surface area contributed by atoms with Crippen LogP contribution < -0.4 is 20.1 Å². The number of benzene rings is 2. The third kappa shape index (κ3) is 4.44. The van der Waals surface area contributed by atoms with Crippen LogP contribution in [-0.2, 0) is 0 Å². The molecule has 3 rings (SSSR count). The minimum atomic E-state index is -0.289. The van der Waals surface area contributed by atoms with Gasteiger partial charge in [0.15, 0.2) is 5.11 Å². The smallest absolute Gasteiger partial charge is 0.171 e. The van der Waals surface area contributed by atoms with Crippen molar-refractivity contribution in [2.45, 2.75) is 31.9 Å². The largest absolute Gasteiger partial charge is 0.497 e. The fraction of sp³-hybridized carbons (Fsp3) is 0.316. The number of nitrogens with one attached hydrogen (secondary N) is 2. The van der Waals surface area contributed by atoms with Gasteiger partial charge in [-0.25, -0.2) is 0 Å². The summed E-state index contributed by atoms with van der Waals surface area (Å²) in [6, 6.07) is 13.9. The number of hydrogen-bond acceptors (Lipinski definition) is 3. The number of fused-ring (bicyclic) bond motifs is 1. The number of ether oxygens (including phenoxy) is 2. The summed E-state index contributed by atoms with van der Waals surface area (Å²) < 4.78 is 12.4. The van der Waals surface area contributed by atoms with E-state index in [1.807, 2.05) is 42.5 Å². The zero-order valence-electron chi connectivity index (χ0n) is 14.4. The molecule has 132 valence electrons. The molecule has 2 N–H and O–H groups in total. The minimum Gasteiger partial charge on any atom is -0.497 e. The Hall–Kier alpha value is -1.79. The summed E-state index contributed by atoms with van der Waals surface area (Å²) in [6.07, 6.45) is 0.812. The van der Waals surface area contributed by atoms with E-state index >= 15 is 0 Å². The first-order chi connectivity index (χ1) is 11.9. The highest BCUT2D eigenvalue weighted by molar-refractivity contribution is 9.10. The molecular formula is C19H21BrN2O2S. The van der Waals surface area contributed by atoms with Crippen LogP contribution in [0.3, 0.4) is 0 Å². The first-order valence-corrected chi connectivity index (χ1v) is 9.26. The molecule has 2 aromatic rings. The first kappa shape index (κ1) is 18.0. The molecule has 0 spiro atoms. The Kier molecular flexibility index (Phi) is 5.20. The zero-order valence-corrected chi connectivity index (χ0v) is 16.8. The van der Waals surface area contributed by atoms with Gasteiger partial charge in [0.25, 0.3) is 0 Å². The third-order valence-electron chi connectivity index (χ3n) is 4.07. The number of thiocarbonyl (C=S) groups is 1. The summed E-state index contributed by atoms with van der Waals surface area (Å²) in [5.41, 5.74) is 1.73. The lowest BCUT2D eigenvalue weighted by molar-refractivity contribution is 0.0693. The average Bonchev–Trinajstić information content (AvgIpc) is 2.53. The Morgan fingerprint density at radius 3 is 2.80 bits per heavy atom. The van der Waals surface area contributed by atoms with E-state index in [0.29, 0.717) is 5.11 Å². The normalized spacial score (nSPS) is 17.8. The lowest BCUT2D eigenvalue weighted by atomic mass is 9.89. The molecule has 1 atom stereocenters. The van der Waals surface area contributed by atoms with Crippen LogP contribution in [0.5, 0.6) is 11.5 Å². The van der Waals surface area contributed by atoms with Gasteiger partial charge in [-0.15, -0.1) is 0 Å². The molecule has 0 saturated heterocycles. The highest BCUT2D eigenvalue weighted by atomic mass is 79.9. The van der Waals surface area contributed by atoms with E-state index in [1.165, 1.54) is 0 Å². The number of anilines is 1. The van der Waals surface area contributed by atoms with E-state index < -0.39 is 0 Å².